The van der Waals surface area contributed by atoms with Gasteiger partial charge < -0.3 is 9.47 Å². The number of nitrogens with one attached hydrogen (secondary N) is 1. The first-order valence-electron chi connectivity index (χ1n) is 6.21. The van der Waals surface area contributed by atoms with Gasteiger partial charge in [-0.15, -0.1) is 11.3 Å². The number of ether oxygens (including phenoxy) is 2. The van der Waals surface area contributed by atoms with Gasteiger partial charge in [0.15, 0.2) is 9.90 Å². The van der Waals surface area contributed by atoms with Gasteiger partial charge in [-0.25, -0.2) is 22.9 Å². The molecule has 2 saturated heterocycles. The van der Waals surface area contributed by atoms with Gasteiger partial charge in [0.05, 0.1) is 30.9 Å². The molecule has 0 saturated carbocycles. The average Bonchev–Trinajstić information content (AvgIpc) is 3.12. The molecule has 1 N–H and O–H groups in total. The molecule has 2 aliphatic rings. The highest BCUT2D eigenvalue weighted by Gasteiger charge is 2.43. The van der Waals surface area contributed by atoms with Gasteiger partial charge in [-0.05, 0) is 19.3 Å². The minimum Gasteiger partial charge on any atom is -0.464 e. The fourth-order valence-electron chi connectivity index (χ4n) is 2.67. The van der Waals surface area contributed by atoms with Gasteiger partial charge in [0.1, 0.15) is 0 Å². The Morgan fingerprint density at radius 1 is 1.55 bits per heavy atom. The number of hydrogen-bond donors (Lipinski definition) is 1. The van der Waals surface area contributed by atoms with Crippen LogP contribution in [0, 0.1) is 0 Å². The standard InChI is InChI=1S/C11H14N2O5S2/c1-17-10(14)9-11(19-5-12-9)20(15,16)13-7-4-6-2-3-8(7)18-6/h5-8,13H,2-4H2,1H3. The van der Waals surface area contributed by atoms with E-state index >= 15 is 0 Å². The topological polar surface area (TPSA) is 94.6 Å². The lowest BCUT2D eigenvalue weighted by Gasteiger charge is -2.19. The van der Waals surface area contributed by atoms with E-state index in [4.69, 9.17) is 4.74 Å². The van der Waals surface area contributed by atoms with E-state index in [0.717, 1.165) is 24.2 Å². The maximum atomic E-state index is 12.4. The normalized spacial score (nSPS) is 28.8. The number of methoxy groups -OCH3 is 1. The first kappa shape index (κ1) is 13.9. The lowest BCUT2D eigenvalue weighted by Crippen LogP contribution is -2.41. The molecule has 0 aliphatic carbocycles. The minimum atomic E-state index is -3.78. The van der Waals surface area contributed by atoms with Crippen LogP contribution >= 0.6 is 11.3 Å². The van der Waals surface area contributed by atoms with Crippen LogP contribution in [-0.4, -0.2) is 44.7 Å². The molecule has 3 rings (SSSR count). The molecule has 0 amide bonds. The summed E-state index contributed by atoms with van der Waals surface area (Å²) in [5.74, 6) is -0.754. The number of hydrogen-bond acceptors (Lipinski definition) is 7. The number of aromatic nitrogens is 1. The molecule has 1 aromatic rings. The molecular formula is C11H14N2O5S2. The second-order valence-electron chi connectivity index (χ2n) is 4.82. The van der Waals surface area contributed by atoms with Crippen LogP contribution in [0.4, 0.5) is 0 Å². The van der Waals surface area contributed by atoms with Crippen LogP contribution in [0.25, 0.3) is 0 Å². The van der Waals surface area contributed by atoms with Crippen LogP contribution < -0.4 is 4.72 Å². The van der Waals surface area contributed by atoms with E-state index < -0.39 is 16.0 Å². The number of esters is 1. The molecule has 110 valence electrons. The molecule has 0 aromatic carbocycles. The van der Waals surface area contributed by atoms with Crippen LogP contribution in [0.1, 0.15) is 29.8 Å². The number of rotatable bonds is 4. The molecule has 20 heavy (non-hydrogen) atoms. The second kappa shape index (κ2) is 5.06. The van der Waals surface area contributed by atoms with Crippen molar-refractivity contribution in [1.82, 2.24) is 9.71 Å². The van der Waals surface area contributed by atoms with E-state index in [1.165, 1.54) is 12.6 Å². The van der Waals surface area contributed by atoms with Crippen molar-refractivity contribution in [3.8, 4) is 0 Å². The average molecular weight is 318 g/mol. The van der Waals surface area contributed by atoms with Crippen LogP contribution in [0.5, 0.6) is 0 Å². The van der Waals surface area contributed by atoms with Crippen LogP contribution in [-0.2, 0) is 19.5 Å². The Balaban J connectivity index is 1.82. The number of fused-ring (bicyclic) bond motifs is 2. The van der Waals surface area contributed by atoms with E-state index in [9.17, 15) is 13.2 Å². The zero-order valence-electron chi connectivity index (χ0n) is 10.7. The van der Waals surface area contributed by atoms with Crippen LogP contribution in [0.3, 0.4) is 0 Å². The fraction of sp³-hybridized carbons (Fsp3) is 0.636. The molecule has 2 fully saturated rings. The smallest absolute Gasteiger partial charge is 0.358 e. The summed E-state index contributed by atoms with van der Waals surface area (Å²) in [6.07, 6.45) is 2.61. The number of sulfonamides is 1. The molecule has 3 unspecified atom stereocenters. The SMILES string of the molecule is COC(=O)c1ncsc1S(=O)(=O)NC1CC2CCC1O2. The molecule has 3 heterocycles. The molecule has 2 bridgehead atoms. The summed E-state index contributed by atoms with van der Waals surface area (Å²) in [4.78, 5) is 15.3. The van der Waals surface area contributed by atoms with Crippen LogP contribution in [0.2, 0.25) is 0 Å². The lowest BCUT2D eigenvalue weighted by atomic mass is 9.96. The minimum absolute atomic E-state index is 0.0655. The van der Waals surface area contributed by atoms with Crippen molar-refractivity contribution in [3.05, 3.63) is 11.2 Å². The second-order valence-corrected chi connectivity index (χ2v) is 7.58. The summed E-state index contributed by atoms with van der Waals surface area (Å²) >= 11 is 0.900. The Morgan fingerprint density at radius 3 is 2.95 bits per heavy atom. The highest BCUT2D eigenvalue weighted by molar-refractivity contribution is 7.91. The summed E-state index contributed by atoms with van der Waals surface area (Å²) in [6, 6.07) is -0.230. The van der Waals surface area contributed by atoms with E-state index in [0.29, 0.717) is 6.42 Å². The van der Waals surface area contributed by atoms with Crippen molar-refractivity contribution < 1.29 is 22.7 Å². The van der Waals surface area contributed by atoms with E-state index in [2.05, 4.69) is 14.4 Å². The van der Waals surface area contributed by atoms with Gasteiger partial charge in [-0.1, -0.05) is 0 Å². The van der Waals surface area contributed by atoms with E-state index in [1.807, 2.05) is 0 Å². The first-order valence-corrected chi connectivity index (χ1v) is 8.57. The Bertz CT molecular complexity index is 627. The summed E-state index contributed by atoms with van der Waals surface area (Å²) in [6.45, 7) is 0. The molecule has 1 aromatic heterocycles. The zero-order chi connectivity index (χ0) is 14.3. The summed E-state index contributed by atoms with van der Waals surface area (Å²) in [5, 5.41) is 0. The van der Waals surface area contributed by atoms with E-state index in [1.54, 1.807) is 0 Å². The van der Waals surface area contributed by atoms with Gasteiger partial charge in [0, 0.05) is 0 Å². The molecule has 0 spiro atoms. The van der Waals surface area contributed by atoms with Gasteiger partial charge >= 0.3 is 5.97 Å². The monoisotopic (exact) mass is 318 g/mol. The van der Waals surface area contributed by atoms with Crippen molar-refractivity contribution >= 4 is 27.3 Å². The van der Waals surface area contributed by atoms with Crippen LogP contribution in [0.15, 0.2) is 9.72 Å². The molecule has 2 aliphatic heterocycles. The highest BCUT2D eigenvalue weighted by atomic mass is 32.2. The number of carbonyl (C=O) groups excluding carboxylic acids is 1. The van der Waals surface area contributed by atoms with Gasteiger partial charge in [-0.2, -0.15) is 0 Å². The van der Waals surface area contributed by atoms with Gasteiger partial charge in [0.2, 0.25) is 0 Å². The largest absolute Gasteiger partial charge is 0.464 e. The predicted octanol–water partition coefficient (Wildman–Crippen LogP) is 0.528. The fourth-order valence-corrected chi connectivity index (χ4v) is 5.10. The third-order valence-corrected chi connectivity index (χ3v) is 6.43. The maximum Gasteiger partial charge on any atom is 0.358 e. The summed E-state index contributed by atoms with van der Waals surface area (Å²) < 4.78 is 37.4. The Hall–Kier alpha value is -1.03. The molecule has 9 heteroatoms. The first-order chi connectivity index (χ1) is 9.51. The summed E-state index contributed by atoms with van der Waals surface area (Å²) in [5.41, 5.74) is 1.15. The third kappa shape index (κ3) is 2.34. The predicted molar refractivity (Wildman–Crippen MR) is 70.1 cm³/mol. The summed E-state index contributed by atoms with van der Waals surface area (Å²) in [7, 11) is -2.59. The highest BCUT2D eigenvalue weighted by Crippen LogP contribution is 2.35. The molecule has 7 nitrogen and oxygen atoms in total. The third-order valence-electron chi connectivity index (χ3n) is 3.57. The van der Waals surface area contributed by atoms with Crippen molar-refractivity contribution in [3.63, 3.8) is 0 Å². The van der Waals surface area contributed by atoms with Crippen molar-refractivity contribution in [2.45, 2.75) is 41.7 Å². The lowest BCUT2D eigenvalue weighted by molar-refractivity contribution is 0.0590. The van der Waals surface area contributed by atoms with Crippen molar-refractivity contribution in [2.24, 2.45) is 0 Å². The number of thiazole rings is 1. The molecular weight excluding hydrogens is 304 g/mol. The molecule has 0 radical (unpaired) electrons. The van der Waals surface area contributed by atoms with Gasteiger partial charge in [-0.3, -0.25) is 0 Å². The van der Waals surface area contributed by atoms with E-state index in [-0.39, 0.29) is 28.2 Å². The molecule has 3 atom stereocenters. The van der Waals surface area contributed by atoms with Gasteiger partial charge in [0.25, 0.3) is 10.0 Å². The quantitative estimate of drug-likeness (QED) is 0.814. The maximum absolute atomic E-state index is 12.4. The Kier molecular flexibility index (Phi) is 3.53. The van der Waals surface area contributed by atoms with Crippen molar-refractivity contribution in [2.75, 3.05) is 7.11 Å². The van der Waals surface area contributed by atoms with Crippen molar-refractivity contribution in [1.29, 1.82) is 0 Å². The number of nitrogens with zero attached hydrogens (tertiary/aromatic N) is 1. The number of carbonyl (C=O) groups is 1. The zero-order valence-corrected chi connectivity index (χ0v) is 12.4. The Labute approximate surface area is 120 Å². The Morgan fingerprint density at radius 2 is 2.35 bits per heavy atom.